The summed E-state index contributed by atoms with van der Waals surface area (Å²) in [6, 6.07) is 10.7. The molecule has 4 saturated carbocycles. The summed E-state index contributed by atoms with van der Waals surface area (Å²) in [5, 5.41) is 10.1. The highest BCUT2D eigenvalue weighted by atomic mass is 16.5. The fraction of sp³-hybridized carbons (Fsp3) is 0.583. The first-order valence-corrected chi connectivity index (χ1v) is 16.1. The molecule has 4 aliphatic rings. The van der Waals surface area contributed by atoms with Crippen LogP contribution in [0, 0.1) is 18.3 Å². The SMILES string of the molecule is COc1ccc(C23CCC(CN(C(=O)C4CCC(O)CC4)c4cc(-c5coc(C(C)(C)C)n5)ccn4)(CC2)CC3)cc1C. The van der Waals surface area contributed by atoms with Crippen LogP contribution < -0.4 is 9.64 Å². The van der Waals surface area contributed by atoms with Gasteiger partial charge < -0.3 is 14.3 Å². The highest BCUT2D eigenvalue weighted by Crippen LogP contribution is 2.58. The van der Waals surface area contributed by atoms with Crippen LogP contribution in [0.4, 0.5) is 5.82 Å². The number of oxazole rings is 1. The molecule has 0 unspecified atom stereocenters. The Hall–Kier alpha value is -3.19. The molecule has 2 bridgehead atoms. The van der Waals surface area contributed by atoms with Crippen LogP contribution in [0.15, 0.2) is 47.2 Å². The first kappa shape index (κ1) is 29.9. The number of ether oxygens (including phenoxy) is 1. The Balaban J connectivity index is 1.27. The van der Waals surface area contributed by atoms with Crippen molar-refractivity contribution in [2.75, 3.05) is 18.6 Å². The number of carbonyl (C=O) groups is 1. The molecular formula is C36H47N3O4. The molecule has 4 fully saturated rings. The second-order valence-electron chi connectivity index (χ2n) is 14.6. The van der Waals surface area contributed by atoms with E-state index in [9.17, 15) is 9.90 Å². The Morgan fingerprint density at radius 3 is 2.35 bits per heavy atom. The third kappa shape index (κ3) is 5.85. The largest absolute Gasteiger partial charge is 0.496 e. The maximum atomic E-state index is 14.3. The summed E-state index contributed by atoms with van der Waals surface area (Å²) in [4.78, 5) is 25.8. The van der Waals surface area contributed by atoms with Gasteiger partial charge in [0.1, 0.15) is 23.5 Å². The van der Waals surface area contributed by atoms with Crippen molar-refractivity contribution in [2.45, 2.75) is 109 Å². The second-order valence-corrected chi connectivity index (χ2v) is 14.6. The van der Waals surface area contributed by atoms with Gasteiger partial charge in [-0.1, -0.05) is 32.9 Å². The molecule has 7 nitrogen and oxygen atoms in total. The number of anilines is 1. The molecule has 230 valence electrons. The molecule has 43 heavy (non-hydrogen) atoms. The number of hydrogen-bond acceptors (Lipinski definition) is 6. The van der Waals surface area contributed by atoms with Crippen LogP contribution in [0.5, 0.6) is 5.75 Å². The van der Waals surface area contributed by atoms with E-state index in [1.54, 1.807) is 19.6 Å². The Morgan fingerprint density at radius 1 is 1.05 bits per heavy atom. The van der Waals surface area contributed by atoms with Crippen LogP contribution in [0.1, 0.15) is 102 Å². The summed E-state index contributed by atoms with van der Waals surface area (Å²) in [5.74, 6) is 2.39. The molecule has 0 spiro atoms. The van der Waals surface area contributed by atoms with Gasteiger partial charge in [-0.15, -0.1) is 0 Å². The lowest BCUT2D eigenvalue weighted by Crippen LogP contribution is -2.52. The number of aromatic nitrogens is 2. The number of fused-ring (bicyclic) bond motifs is 3. The molecule has 4 aliphatic carbocycles. The number of aliphatic hydroxyl groups excluding tert-OH is 1. The zero-order valence-corrected chi connectivity index (χ0v) is 26.5. The number of rotatable bonds is 7. The van der Waals surface area contributed by atoms with Crippen molar-refractivity contribution in [3.8, 4) is 17.0 Å². The average Bonchev–Trinajstić information content (AvgIpc) is 3.53. The molecule has 1 amide bonds. The normalized spacial score (nSPS) is 27.2. The van der Waals surface area contributed by atoms with Crippen LogP contribution in [-0.2, 0) is 15.6 Å². The summed E-state index contributed by atoms with van der Waals surface area (Å²) in [7, 11) is 1.73. The fourth-order valence-corrected chi connectivity index (χ4v) is 7.77. The summed E-state index contributed by atoms with van der Waals surface area (Å²) in [6.07, 6.45) is 12.7. The van der Waals surface area contributed by atoms with E-state index in [2.05, 4.69) is 45.9 Å². The first-order valence-electron chi connectivity index (χ1n) is 16.1. The monoisotopic (exact) mass is 585 g/mol. The van der Waals surface area contributed by atoms with Gasteiger partial charge in [-0.25, -0.2) is 9.97 Å². The minimum absolute atomic E-state index is 0.0814. The van der Waals surface area contributed by atoms with Gasteiger partial charge in [0.15, 0.2) is 5.89 Å². The molecule has 0 atom stereocenters. The van der Waals surface area contributed by atoms with Crippen molar-refractivity contribution < 1.29 is 19.1 Å². The number of pyridine rings is 1. The third-order valence-electron chi connectivity index (χ3n) is 10.7. The number of amides is 1. The van der Waals surface area contributed by atoms with Crippen LogP contribution >= 0.6 is 0 Å². The van der Waals surface area contributed by atoms with Crippen molar-refractivity contribution >= 4 is 11.7 Å². The van der Waals surface area contributed by atoms with E-state index >= 15 is 0 Å². The predicted octanol–water partition coefficient (Wildman–Crippen LogP) is 7.53. The van der Waals surface area contributed by atoms with Crippen LogP contribution in [0.2, 0.25) is 0 Å². The third-order valence-corrected chi connectivity index (χ3v) is 10.7. The number of carbonyl (C=O) groups excluding carboxylic acids is 1. The number of aryl methyl sites for hydroxylation is 1. The highest BCUT2D eigenvalue weighted by molar-refractivity contribution is 5.94. The van der Waals surface area contributed by atoms with Crippen LogP contribution in [-0.4, -0.2) is 40.7 Å². The van der Waals surface area contributed by atoms with Gasteiger partial charge >= 0.3 is 0 Å². The minimum atomic E-state index is -0.298. The molecule has 7 heteroatoms. The van der Waals surface area contributed by atoms with Gasteiger partial charge in [-0.3, -0.25) is 9.69 Å². The molecule has 0 saturated heterocycles. The van der Waals surface area contributed by atoms with Crippen LogP contribution in [0.3, 0.4) is 0 Å². The maximum Gasteiger partial charge on any atom is 0.231 e. The van der Waals surface area contributed by atoms with Crippen molar-refractivity contribution in [1.82, 2.24) is 9.97 Å². The Bertz CT molecular complexity index is 1440. The van der Waals surface area contributed by atoms with Gasteiger partial charge in [0.2, 0.25) is 5.91 Å². The lowest BCUT2D eigenvalue weighted by Gasteiger charge is -2.55. The summed E-state index contributed by atoms with van der Waals surface area (Å²) < 4.78 is 11.4. The summed E-state index contributed by atoms with van der Waals surface area (Å²) >= 11 is 0. The topological polar surface area (TPSA) is 88.7 Å². The van der Waals surface area contributed by atoms with E-state index in [-0.39, 0.29) is 34.2 Å². The lowest BCUT2D eigenvalue weighted by atomic mass is 9.51. The van der Waals surface area contributed by atoms with E-state index in [1.807, 2.05) is 17.0 Å². The van der Waals surface area contributed by atoms with E-state index in [0.717, 1.165) is 68.4 Å². The van der Waals surface area contributed by atoms with E-state index < -0.39 is 0 Å². The Morgan fingerprint density at radius 2 is 1.74 bits per heavy atom. The smallest absolute Gasteiger partial charge is 0.231 e. The van der Waals surface area contributed by atoms with Crippen molar-refractivity contribution in [1.29, 1.82) is 0 Å². The fourth-order valence-electron chi connectivity index (χ4n) is 7.77. The summed E-state index contributed by atoms with van der Waals surface area (Å²) in [5.41, 5.74) is 4.39. The average molecular weight is 586 g/mol. The zero-order valence-electron chi connectivity index (χ0n) is 26.5. The number of benzene rings is 1. The Labute approximate surface area is 256 Å². The van der Waals surface area contributed by atoms with E-state index in [1.165, 1.54) is 11.1 Å². The zero-order chi connectivity index (χ0) is 30.4. The van der Waals surface area contributed by atoms with Crippen molar-refractivity contribution in [3.63, 3.8) is 0 Å². The molecule has 2 heterocycles. The second kappa shape index (κ2) is 11.4. The molecule has 3 aromatic rings. The lowest BCUT2D eigenvalue weighted by molar-refractivity contribution is -0.124. The molecule has 1 N–H and O–H groups in total. The minimum Gasteiger partial charge on any atom is -0.496 e. The van der Waals surface area contributed by atoms with Crippen LogP contribution in [0.25, 0.3) is 11.3 Å². The molecular weight excluding hydrogens is 538 g/mol. The molecule has 7 rings (SSSR count). The molecule has 0 radical (unpaired) electrons. The van der Waals surface area contributed by atoms with Gasteiger partial charge in [-0.05, 0) is 111 Å². The predicted molar refractivity (Wildman–Crippen MR) is 168 cm³/mol. The Kier molecular flexibility index (Phi) is 7.91. The number of aliphatic hydroxyl groups is 1. The van der Waals surface area contributed by atoms with E-state index in [4.69, 9.17) is 19.1 Å². The summed E-state index contributed by atoms with van der Waals surface area (Å²) in [6.45, 7) is 9.07. The number of nitrogens with zero attached hydrogens (tertiary/aromatic N) is 3. The van der Waals surface area contributed by atoms with Crippen molar-refractivity contribution in [3.05, 3.63) is 59.8 Å². The maximum absolute atomic E-state index is 14.3. The molecule has 0 aliphatic heterocycles. The van der Waals surface area contributed by atoms with Gasteiger partial charge in [0.05, 0.1) is 13.2 Å². The molecule has 1 aromatic carbocycles. The standard InChI is InChI=1S/C36H47N3O4/c1-24-20-27(8-11-30(24)42-5)36-16-13-35(14-17-36,15-18-36)23-39(32(41)25-6-9-28(40)10-7-25)31-21-26(12-19-37-31)29-22-43-33(38-29)34(2,3)4/h8,11-12,19-22,25,28,40H,6-7,9-10,13-18,23H2,1-5H3. The van der Waals surface area contributed by atoms with Gasteiger partial charge in [-0.2, -0.15) is 0 Å². The number of methoxy groups -OCH3 is 1. The van der Waals surface area contributed by atoms with Gasteiger partial charge in [0.25, 0.3) is 0 Å². The highest BCUT2D eigenvalue weighted by Gasteiger charge is 2.50. The van der Waals surface area contributed by atoms with Crippen molar-refractivity contribution in [2.24, 2.45) is 11.3 Å². The van der Waals surface area contributed by atoms with E-state index in [0.29, 0.717) is 31.1 Å². The number of hydrogen-bond donors (Lipinski definition) is 1. The molecule has 2 aromatic heterocycles. The van der Waals surface area contributed by atoms with Gasteiger partial charge in [0, 0.05) is 29.6 Å². The quantitative estimate of drug-likeness (QED) is 0.308. The first-order chi connectivity index (χ1) is 20.5.